The van der Waals surface area contributed by atoms with Gasteiger partial charge in [0.1, 0.15) is 5.82 Å². The third-order valence-corrected chi connectivity index (χ3v) is 6.54. The average Bonchev–Trinajstić information content (AvgIpc) is 3.18. The zero-order valence-corrected chi connectivity index (χ0v) is 17.7. The average molecular weight is 407 g/mol. The summed E-state index contributed by atoms with van der Waals surface area (Å²) in [6, 6.07) is 3.76. The molecule has 0 spiro atoms. The molecule has 3 heterocycles. The maximum absolute atomic E-state index is 12.5. The molecule has 0 unspecified atom stereocenters. The summed E-state index contributed by atoms with van der Waals surface area (Å²) in [5.74, 6) is 1.48. The molecule has 0 atom stereocenters. The summed E-state index contributed by atoms with van der Waals surface area (Å²) in [6.07, 6.45) is 4.48. The molecule has 0 radical (unpaired) electrons. The number of thiophene rings is 1. The molecular formula is C19H26N4O2S2. The first-order chi connectivity index (χ1) is 12.8. The summed E-state index contributed by atoms with van der Waals surface area (Å²) < 4.78 is 2.16. The molecule has 6 nitrogen and oxygen atoms in total. The second-order valence-electron chi connectivity index (χ2n) is 7.77. The summed E-state index contributed by atoms with van der Waals surface area (Å²) in [5.41, 5.74) is -0.414. The Balaban J connectivity index is 1.54. The molecule has 1 aliphatic heterocycles. The van der Waals surface area contributed by atoms with Crippen LogP contribution >= 0.6 is 23.1 Å². The van der Waals surface area contributed by atoms with Gasteiger partial charge in [-0.2, -0.15) is 0 Å². The van der Waals surface area contributed by atoms with Gasteiger partial charge in [-0.3, -0.25) is 9.59 Å². The van der Waals surface area contributed by atoms with Crippen molar-refractivity contribution >= 4 is 34.8 Å². The lowest BCUT2D eigenvalue weighted by atomic mass is 9.96. The number of nitrogens with zero attached hydrogens (tertiary/aromatic N) is 3. The van der Waals surface area contributed by atoms with E-state index in [-0.39, 0.29) is 11.7 Å². The Morgan fingerprint density at radius 1 is 1.22 bits per heavy atom. The Labute approximate surface area is 168 Å². The molecule has 0 aromatic carbocycles. The van der Waals surface area contributed by atoms with Gasteiger partial charge in [0.05, 0.1) is 17.2 Å². The van der Waals surface area contributed by atoms with Crippen LogP contribution in [0.5, 0.6) is 0 Å². The monoisotopic (exact) mass is 406 g/mol. The van der Waals surface area contributed by atoms with Gasteiger partial charge in [-0.15, -0.1) is 21.5 Å². The molecule has 1 N–H and O–H groups in total. The predicted octanol–water partition coefficient (Wildman–Crippen LogP) is 3.70. The third kappa shape index (κ3) is 5.19. The minimum Gasteiger partial charge on any atom is -0.351 e. The van der Waals surface area contributed by atoms with Gasteiger partial charge in [0.2, 0.25) is 5.91 Å². The molecule has 0 saturated heterocycles. The highest BCUT2D eigenvalue weighted by Gasteiger charge is 2.21. The van der Waals surface area contributed by atoms with E-state index in [1.54, 1.807) is 0 Å². The Kier molecular flexibility index (Phi) is 6.37. The highest BCUT2D eigenvalue weighted by Crippen LogP contribution is 2.24. The highest BCUT2D eigenvalue weighted by atomic mass is 32.2. The number of rotatable bonds is 6. The van der Waals surface area contributed by atoms with Crippen LogP contribution in [0.4, 0.5) is 0 Å². The van der Waals surface area contributed by atoms with E-state index in [0.717, 1.165) is 46.5 Å². The molecular weight excluding hydrogens is 380 g/mol. The second kappa shape index (κ2) is 8.56. The fourth-order valence-corrected chi connectivity index (χ4v) is 4.66. The van der Waals surface area contributed by atoms with Crippen molar-refractivity contribution in [3.05, 3.63) is 27.7 Å². The maximum Gasteiger partial charge on any atom is 0.225 e. The van der Waals surface area contributed by atoms with Crippen LogP contribution in [-0.2, 0) is 24.3 Å². The van der Waals surface area contributed by atoms with Crippen molar-refractivity contribution in [2.75, 3.05) is 5.75 Å². The van der Waals surface area contributed by atoms with E-state index in [1.807, 2.05) is 32.9 Å². The van der Waals surface area contributed by atoms with E-state index >= 15 is 0 Å². The second-order valence-corrected chi connectivity index (χ2v) is 9.88. The van der Waals surface area contributed by atoms with Crippen molar-refractivity contribution in [3.8, 4) is 0 Å². The van der Waals surface area contributed by atoms with Crippen LogP contribution in [-0.4, -0.2) is 32.2 Å². The fourth-order valence-electron chi connectivity index (χ4n) is 2.82. The molecule has 0 fully saturated rings. The summed E-state index contributed by atoms with van der Waals surface area (Å²) in [4.78, 5) is 26.2. The summed E-state index contributed by atoms with van der Waals surface area (Å²) >= 11 is 2.90. The molecule has 27 heavy (non-hydrogen) atoms. The van der Waals surface area contributed by atoms with Crippen LogP contribution in [0.25, 0.3) is 0 Å². The smallest absolute Gasteiger partial charge is 0.225 e. The first-order valence-electron chi connectivity index (χ1n) is 9.29. The van der Waals surface area contributed by atoms with E-state index in [2.05, 4.69) is 20.1 Å². The number of amides is 1. The summed E-state index contributed by atoms with van der Waals surface area (Å²) in [7, 11) is 0. The zero-order valence-electron chi connectivity index (χ0n) is 16.1. The lowest BCUT2D eigenvalue weighted by Crippen LogP contribution is -2.34. The molecule has 146 valence electrons. The van der Waals surface area contributed by atoms with E-state index in [0.29, 0.717) is 12.3 Å². The Morgan fingerprint density at radius 3 is 2.81 bits per heavy atom. The minimum absolute atomic E-state index is 0.00633. The minimum atomic E-state index is -0.414. The summed E-state index contributed by atoms with van der Waals surface area (Å²) in [5, 5.41) is 12.3. The Morgan fingerprint density at radius 2 is 2.04 bits per heavy atom. The first kappa shape index (κ1) is 20.1. The molecule has 1 aliphatic rings. The van der Waals surface area contributed by atoms with Crippen LogP contribution < -0.4 is 5.32 Å². The number of carbonyl (C=O) groups excluding carboxylic acids is 2. The highest BCUT2D eigenvalue weighted by molar-refractivity contribution is 7.99. The van der Waals surface area contributed by atoms with E-state index in [4.69, 9.17) is 0 Å². The SMILES string of the molecule is CC(C)(C)C(=O)NCc1ccc(C(=O)CSc2nnc3n2CCCCC3)s1. The van der Waals surface area contributed by atoms with E-state index in [1.165, 1.54) is 29.5 Å². The molecule has 2 aromatic rings. The maximum atomic E-state index is 12.5. The molecule has 8 heteroatoms. The van der Waals surface area contributed by atoms with Crippen molar-refractivity contribution in [2.24, 2.45) is 5.41 Å². The quantitative estimate of drug-likeness (QED) is 0.585. The van der Waals surface area contributed by atoms with Crippen molar-refractivity contribution in [1.29, 1.82) is 0 Å². The van der Waals surface area contributed by atoms with Gasteiger partial charge in [-0.25, -0.2) is 0 Å². The lowest BCUT2D eigenvalue weighted by Gasteiger charge is -2.17. The van der Waals surface area contributed by atoms with Crippen molar-refractivity contribution in [1.82, 2.24) is 20.1 Å². The normalized spacial score (nSPS) is 14.5. The Bertz CT molecular complexity index is 820. The number of fused-ring (bicyclic) bond motifs is 1. The van der Waals surface area contributed by atoms with Gasteiger partial charge in [-0.05, 0) is 25.0 Å². The number of aromatic nitrogens is 3. The molecule has 0 bridgehead atoms. The summed E-state index contributed by atoms with van der Waals surface area (Å²) in [6.45, 7) is 7.05. The van der Waals surface area contributed by atoms with Crippen LogP contribution in [0.2, 0.25) is 0 Å². The van der Waals surface area contributed by atoms with Crippen LogP contribution in [0.1, 0.15) is 60.4 Å². The number of Topliss-reactive ketones (excluding diaryl/α,β-unsaturated/α-hetero) is 1. The van der Waals surface area contributed by atoms with Crippen LogP contribution in [0.3, 0.4) is 0 Å². The first-order valence-corrected chi connectivity index (χ1v) is 11.1. The molecule has 0 aliphatic carbocycles. The molecule has 3 rings (SSSR count). The van der Waals surface area contributed by atoms with Gasteiger partial charge < -0.3 is 9.88 Å². The molecule has 1 amide bonds. The van der Waals surface area contributed by atoms with Gasteiger partial charge in [0.25, 0.3) is 0 Å². The van der Waals surface area contributed by atoms with Crippen molar-refractivity contribution < 1.29 is 9.59 Å². The third-order valence-electron chi connectivity index (χ3n) is 4.45. The van der Waals surface area contributed by atoms with Gasteiger partial charge in [-0.1, -0.05) is 39.0 Å². The molecule has 2 aromatic heterocycles. The zero-order chi connectivity index (χ0) is 19.4. The van der Waals surface area contributed by atoms with Gasteiger partial charge >= 0.3 is 0 Å². The van der Waals surface area contributed by atoms with E-state index in [9.17, 15) is 9.59 Å². The number of carbonyl (C=O) groups is 2. The molecule has 0 saturated carbocycles. The largest absolute Gasteiger partial charge is 0.351 e. The Hall–Kier alpha value is -1.67. The van der Waals surface area contributed by atoms with Crippen molar-refractivity contribution in [2.45, 2.75) is 64.7 Å². The van der Waals surface area contributed by atoms with Crippen LogP contribution in [0, 0.1) is 5.41 Å². The topological polar surface area (TPSA) is 76.9 Å². The number of ketones is 1. The van der Waals surface area contributed by atoms with Crippen LogP contribution in [0.15, 0.2) is 17.3 Å². The van der Waals surface area contributed by atoms with Crippen molar-refractivity contribution in [3.63, 3.8) is 0 Å². The van der Waals surface area contributed by atoms with E-state index < -0.39 is 5.41 Å². The van der Waals surface area contributed by atoms with Gasteiger partial charge in [0, 0.05) is 23.3 Å². The van der Waals surface area contributed by atoms with Gasteiger partial charge in [0.15, 0.2) is 10.9 Å². The standard InChI is InChI=1S/C19H26N4O2S2/c1-19(2,3)17(25)20-11-13-8-9-15(27-13)14(24)12-26-18-22-21-16-7-5-4-6-10-23(16)18/h8-9H,4-7,10-12H2,1-3H3,(H,20,25). The number of nitrogens with one attached hydrogen (secondary N) is 1. The number of hydrogen-bond donors (Lipinski definition) is 1. The lowest BCUT2D eigenvalue weighted by molar-refractivity contribution is -0.128. The number of hydrogen-bond acceptors (Lipinski definition) is 6. The number of thioether (sulfide) groups is 1. The predicted molar refractivity (Wildman–Crippen MR) is 108 cm³/mol. The fraction of sp³-hybridized carbons (Fsp3) is 0.579. The number of aryl methyl sites for hydroxylation is 1.